The molecule has 3 aromatic heterocycles. The molecule has 2 aliphatic carbocycles. The van der Waals surface area contributed by atoms with Gasteiger partial charge >= 0.3 is 0 Å². The summed E-state index contributed by atoms with van der Waals surface area (Å²) in [4.78, 5) is 0. The highest BCUT2D eigenvalue weighted by Gasteiger charge is 2.38. The summed E-state index contributed by atoms with van der Waals surface area (Å²) < 4.78 is 15.6. The van der Waals surface area contributed by atoms with Crippen LogP contribution in [0.1, 0.15) is 61.1 Å². The summed E-state index contributed by atoms with van der Waals surface area (Å²) in [5.41, 5.74) is 16.5. The zero-order valence-corrected chi connectivity index (χ0v) is 27.7. The molecule has 0 amide bonds. The predicted octanol–water partition coefficient (Wildman–Crippen LogP) is 12.8. The van der Waals surface area contributed by atoms with Crippen molar-refractivity contribution < 1.29 is 8.83 Å². The van der Waals surface area contributed by atoms with E-state index >= 15 is 0 Å². The van der Waals surface area contributed by atoms with E-state index in [2.05, 4.69) is 147 Å². The molecular weight excluding hydrogens is 599 g/mol. The molecule has 0 N–H and O–H groups in total. The number of hydrogen-bond acceptors (Lipinski definition) is 2. The molecule has 3 heterocycles. The standard InChI is InChI=1S/C46H33NO2/c1-26-23-27(29-14-10-15-33-31-12-5-8-17-40(31)48-44(29)33)24-36-30-11-4-7-16-39(30)47(43(26)36)28-19-20-35-38(25-28)46(2,3)37-22-21-34-32-13-6-9-18-41(32)49-45(34)42(35)37/h4-22,24-26H,23H2,1-3H3. The van der Waals surface area contributed by atoms with Gasteiger partial charge in [-0.1, -0.05) is 112 Å². The molecule has 9 aromatic rings. The Morgan fingerprint density at radius 2 is 1.29 bits per heavy atom. The third kappa shape index (κ3) is 3.52. The third-order valence-corrected chi connectivity index (χ3v) is 11.4. The molecule has 0 radical (unpaired) electrons. The van der Waals surface area contributed by atoms with E-state index in [1.165, 1.54) is 82.8 Å². The van der Waals surface area contributed by atoms with Crippen molar-refractivity contribution in [3.8, 4) is 16.8 Å². The Morgan fingerprint density at radius 1 is 0.612 bits per heavy atom. The summed E-state index contributed by atoms with van der Waals surface area (Å²) in [5.74, 6) is 0.302. The van der Waals surface area contributed by atoms with Crippen molar-refractivity contribution in [3.05, 3.63) is 149 Å². The highest BCUT2D eigenvalue weighted by molar-refractivity contribution is 6.12. The number of benzene rings is 6. The second-order valence-corrected chi connectivity index (χ2v) is 14.5. The fraction of sp³-hybridized carbons (Fsp3) is 0.130. The maximum atomic E-state index is 6.57. The van der Waals surface area contributed by atoms with Crippen molar-refractivity contribution >= 4 is 66.4 Å². The molecule has 1 unspecified atom stereocenters. The van der Waals surface area contributed by atoms with Crippen molar-refractivity contribution in [3.63, 3.8) is 0 Å². The monoisotopic (exact) mass is 631 g/mol. The first-order valence-corrected chi connectivity index (χ1v) is 17.3. The molecule has 0 spiro atoms. The van der Waals surface area contributed by atoms with Crippen LogP contribution < -0.4 is 0 Å². The summed E-state index contributed by atoms with van der Waals surface area (Å²) in [7, 11) is 0. The highest BCUT2D eigenvalue weighted by atomic mass is 16.3. The minimum atomic E-state index is -0.166. The first-order chi connectivity index (χ1) is 24.0. The lowest BCUT2D eigenvalue weighted by Gasteiger charge is -2.25. The summed E-state index contributed by atoms with van der Waals surface area (Å²) in [6, 6.07) is 43.9. The van der Waals surface area contributed by atoms with Gasteiger partial charge in [-0.3, -0.25) is 0 Å². The first kappa shape index (κ1) is 27.2. The van der Waals surface area contributed by atoms with Gasteiger partial charge in [0.05, 0.1) is 5.52 Å². The molecule has 0 saturated heterocycles. The van der Waals surface area contributed by atoms with Gasteiger partial charge in [0, 0.05) is 66.3 Å². The molecule has 0 aliphatic heterocycles. The molecule has 0 saturated carbocycles. The number of allylic oxidation sites excluding steroid dienone is 1. The molecule has 11 rings (SSSR count). The normalized spacial score (nSPS) is 16.5. The van der Waals surface area contributed by atoms with E-state index in [9.17, 15) is 0 Å². The summed E-state index contributed by atoms with van der Waals surface area (Å²) >= 11 is 0. The van der Waals surface area contributed by atoms with Crippen LogP contribution >= 0.6 is 0 Å². The largest absolute Gasteiger partial charge is 0.455 e. The van der Waals surface area contributed by atoms with Crippen LogP contribution in [0.5, 0.6) is 0 Å². The molecular formula is C46H33NO2. The fourth-order valence-electron chi connectivity index (χ4n) is 9.18. The number of furan rings is 2. The molecule has 3 heteroatoms. The summed E-state index contributed by atoms with van der Waals surface area (Å²) in [6.45, 7) is 7.09. The van der Waals surface area contributed by atoms with E-state index in [4.69, 9.17) is 8.83 Å². The Morgan fingerprint density at radius 3 is 2.08 bits per heavy atom. The van der Waals surface area contributed by atoms with Gasteiger partial charge in [-0.25, -0.2) is 0 Å². The van der Waals surface area contributed by atoms with Crippen LogP contribution in [0, 0.1) is 0 Å². The quantitative estimate of drug-likeness (QED) is 0.190. The Labute approximate surface area is 283 Å². The number of aromatic nitrogens is 1. The molecule has 2 aliphatic rings. The van der Waals surface area contributed by atoms with Gasteiger partial charge in [-0.15, -0.1) is 0 Å². The van der Waals surface area contributed by atoms with Gasteiger partial charge in [0.25, 0.3) is 0 Å². The van der Waals surface area contributed by atoms with Crippen molar-refractivity contribution in [1.29, 1.82) is 0 Å². The Balaban J connectivity index is 1.11. The number of para-hydroxylation sites is 4. The smallest absolute Gasteiger partial charge is 0.143 e. The summed E-state index contributed by atoms with van der Waals surface area (Å²) in [6.07, 6.45) is 3.37. The van der Waals surface area contributed by atoms with Crippen molar-refractivity contribution in [2.45, 2.75) is 38.5 Å². The minimum Gasteiger partial charge on any atom is -0.455 e. The van der Waals surface area contributed by atoms with Crippen LogP contribution in [0.3, 0.4) is 0 Å². The Bertz CT molecular complexity index is 2910. The second kappa shape index (κ2) is 9.42. The maximum absolute atomic E-state index is 6.57. The maximum Gasteiger partial charge on any atom is 0.143 e. The van der Waals surface area contributed by atoms with Crippen molar-refractivity contribution in [2.75, 3.05) is 0 Å². The van der Waals surface area contributed by atoms with Crippen LogP contribution in [0.4, 0.5) is 0 Å². The third-order valence-electron chi connectivity index (χ3n) is 11.4. The van der Waals surface area contributed by atoms with Crippen LogP contribution in [-0.2, 0) is 5.41 Å². The fourth-order valence-corrected chi connectivity index (χ4v) is 9.18. The lowest BCUT2D eigenvalue weighted by molar-refractivity contribution is 0.652. The number of rotatable bonds is 2. The van der Waals surface area contributed by atoms with Gasteiger partial charge in [0.15, 0.2) is 0 Å². The lowest BCUT2D eigenvalue weighted by Crippen LogP contribution is -2.16. The van der Waals surface area contributed by atoms with Crippen LogP contribution in [0.2, 0.25) is 0 Å². The van der Waals surface area contributed by atoms with Crippen molar-refractivity contribution in [2.24, 2.45) is 0 Å². The van der Waals surface area contributed by atoms with Crippen LogP contribution in [0.25, 0.3) is 83.2 Å². The van der Waals surface area contributed by atoms with E-state index in [1.54, 1.807) is 0 Å². The number of fused-ring (bicyclic) bond motifs is 13. The van der Waals surface area contributed by atoms with Crippen molar-refractivity contribution in [1.82, 2.24) is 4.57 Å². The molecule has 49 heavy (non-hydrogen) atoms. The summed E-state index contributed by atoms with van der Waals surface area (Å²) in [5, 5.41) is 5.99. The van der Waals surface area contributed by atoms with Crippen LogP contribution in [-0.4, -0.2) is 4.57 Å². The minimum absolute atomic E-state index is 0.166. The second-order valence-electron chi connectivity index (χ2n) is 14.5. The predicted molar refractivity (Wildman–Crippen MR) is 203 cm³/mol. The topological polar surface area (TPSA) is 31.2 Å². The van der Waals surface area contributed by atoms with E-state index in [0.29, 0.717) is 5.92 Å². The molecule has 234 valence electrons. The molecule has 1 atom stereocenters. The SMILES string of the molecule is CC1CC(c2cccc3c2oc2ccccc23)=Cc2c1n(-c1ccc3c(c1)C(C)(C)c1ccc4c(oc5ccccc54)c1-3)c1ccccc21. The van der Waals surface area contributed by atoms with E-state index < -0.39 is 0 Å². The van der Waals surface area contributed by atoms with Gasteiger partial charge in [0.2, 0.25) is 0 Å². The zero-order chi connectivity index (χ0) is 32.6. The average molecular weight is 632 g/mol. The van der Waals surface area contributed by atoms with E-state index in [1.807, 2.05) is 6.07 Å². The lowest BCUT2D eigenvalue weighted by atomic mass is 9.82. The zero-order valence-electron chi connectivity index (χ0n) is 27.7. The van der Waals surface area contributed by atoms with Crippen LogP contribution in [0.15, 0.2) is 130 Å². The highest BCUT2D eigenvalue weighted by Crippen LogP contribution is 2.54. The average Bonchev–Trinajstić information content (AvgIpc) is 3.85. The van der Waals surface area contributed by atoms with E-state index in [-0.39, 0.29) is 5.41 Å². The molecule has 3 nitrogen and oxygen atoms in total. The van der Waals surface area contributed by atoms with Gasteiger partial charge in [-0.2, -0.15) is 0 Å². The van der Waals surface area contributed by atoms with Gasteiger partial charge in [0.1, 0.15) is 22.3 Å². The molecule has 0 bridgehead atoms. The van der Waals surface area contributed by atoms with E-state index in [0.717, 1.165) is 28.8 Å². The number of nitrogens with zero attached hydrogens (tertiary/aromatic N) is 1. The number of hydrogen-bond donors (Lipinski definition) is 0. The Hall–Kier alpha value is -5.80. The molecule has 6 aromatic carbocycles. The Kier molecular flexibility index (Phi) is 5.23. The first-order valence-electron chi connectivity index (χ1n) is 17.3. The molecule has 0 fully saturated rings. The van der Waals surface area contributed by atoms with Gasteiger partial charge in [-0.05, 0) is 65.1 Å². The van der Waals surface area contributed by atoms with Gasteiger partial charge < -0.3 is 13.4 Å².